The van der Waals surface area contributed by atoms with Crippen LogP contribution in [0.15, 0.2) is 22.7 Å². The minimum Gasteiger partial charge on any atom is -0.349 e. The summed E-state index contributed by atoms with van der Waals surface area (Å²) in [6, 6.07) is 4.73. The third kappa shape index (κ3) is 3.56. The van der Waals surface area contributed by atoms with Crippen LogP contribution in [0.4, 0.5) is 4.39 Å². The van der Waals surface area contributed by atoms with Gasteiger partial charge in [-0.3, -0.25) is 4.79 Å². The molecule has 2 rings (SSSR count). The molecule has 0 aliphatic heterocycles. The van der Waals surface area contributed by atoms with Crippen LogP contribution in [0, 0.1) is 11.2 Å². The average Bonchev–Trinajstić information content (AvgIpc) is 2.32. The molecule has 2 nitrogen and oxygen atoms in total. The lowest BCUT2D eigenvalue weighted by atomic mass is 9.75. The first-order chi connectivity index (χ1) is 8.89. The van der Waals surface area contributed by atoms with Crippen LogP contribution in [0.25, 0.3) is 0 Å². The quantitative estimate of drug-likeness (QED) is 0.862. The number of hydrogen-bond acceptors (Lipinski definition) is 1. The maximum atomic E-state index is 13.7. The van der Waals surface area contributed by atoms with Crippen LogP contribution in [0.2, 0.25) is 0 Å². The first-order valence-corrected chi connectivity index (χ1v) is 7.43. The summed E-state index contributed by atoms with van der Waals surface area (Å²) < 4.78 is 14.2. The third-order valence-electron chi connectivity index (χ3n) is 3.86. The smallest absolute Gasteiger partial charge is 0.255 e. The molecule has 1 amide bonds. The highest BCUT2D eigenvalue weighted by molar-refractivity contribution is 9.10. The van der Waals surface area contributed by atoms with Crippen molar-refractivity contribution >= 4 is 21.8 Å². The number of halogens is 2. The molecule has 0 aromatic heterocycles. The van der Waals surface area contributed by atoms with Crippen LogP contribution in [0.5, 0.6) is 0 Å². The molecule has 1 aromatic carbocycles. The summed E-state index contributed by atoms with van der Waals surface area (Å²) in [5.41, 5.74) is 0.465. The van der Waals surface area contributed by atoms with Gasteiger partial charge in [0.25, 0.3) is 5.91 Å². The van der Waals surface area contributed by atoms with E-state index < -0.39 is 5.82 Å². The topological polar surface area (TPSA) is 29.1 Å². The van der Waals surface area contributed by atoms with Crippen LogP contribution in [0.1, 0.15) is 49.9 Å². The third-order valence-corrected chi connectivity index (χ3v) is 4.53. The number of nitrogens with one attached hydrogen (secondary N) is 1. The molecule has 1 aliphatic carbocycles. The Hall–Kier alpha value is -0.900. The summed E-state index contributed by atoms with van der Waals surface area (Å²) in [4.78, 5) is 12.1. The molecule has 0 saturated heterocycles. The molecule has 1 aromatic rings. The van der Waals surface area contributed by atoms with Crippen molar-refractivity contribution in [1.82, 2.24) is 5.32 Å². The van der Waals surface area contributed by atoms with E-state index in [0.29, 0.717) is 9.89 Å². The molecule has 4 heteroatoms. The second-order valence-electron chi connectivity index (χ2n) is 6.01. The fourth-order valence-electron chi connectivity index (χ4n) is 2.52. The lowest BCUT2D eigenvalue weighted by Crippen LogP contribution is -2.39. The Morgan fingerprint density at radius 3 is 2.58 bits per heavy atom. The number of rotatable bonds is 2. The van der Waals surface area contributed by atoms with E-state index in [1.165, 1.54) is 6.07 Å². The highest BCUT2D eigenvalue weighted by atomic mass is 79.9. The van der Waals surface area contributed by atoms with Crippen LogP contribution in [-0.4, -0.2) is 11.9 Å². The Morgan fingerprint density at radius 2 is 2.00 bits per heavy atom. The molecule has 1 N–H and O–H groups in total. The summed E-state index contributed by atoms with van der Waals surface area (Å²) in [5.74, 6) is -0.808. The Bertz CT molecular complexity index is 457. The van der Waals surface area contributed by atoms with Crippen LogP contribution in [-0.2, 0) is 0 Å². The van der Waals surface area contributed by atoms with Gasteiger partial charge in [-0.2, -0.15) is 0 Å². The van der Waals surface area contributed by atoms with E-state index in [1.54, 1.807) is 12.1 Å². The highest BCUT2D eigenvalue weighted by Gasteiger charge is 2.28. The first kappa shape index (κ1) is 14.5. The molecular formula is C15H19BrFNO. The standard InChI is InChI=1S/C15H19BrFNO/c1-15(2)8-6-10(7-9-15)18-14(19)13-11(16)4-3-5-12(13)17/h3-5,10H,6-9H2,1-2H3,(H,18,19). The monoisotopic (exact) mass is 327 g/mol. The number of benzene rings is 1. The molecule has 0 atom stereocenters. The molecular weight excluding hydrogens is 309 g/mol. The first-order valence-electron chi connectivity index (χ1n) is 6.64. The lowest BCUT2D eigenvalue weighted by molar-refractivity contribution is 0.0904. The summed E-state index contributed by atoms with van der Waals surface area (Å²) in [5, 5.41) is 2.95. The van der Waals surface area contributed by atoms with Gasteiger partial charge in [0.1, 0.15) is 5.82 Å². The van der Waals surface area contributed by atoms with Crippen LogP contribution < -0.4 is 5.32 Å². The normalized spacial score (nSPS) is 19.2. The predicted molar refractivity (Wildman–Crippen MR) is 77.6 cm³/mol. The molecule has 1 saturated carbocycles. The van der Waals surface area contributed by atoms with Crippen molar-refractivity contribution < 1.29 is 9.18 Å². The zero-order chi connectivity index (χ0) is 14.0. The van der Waals surface area contributed by atoms with Crippen LogP contribution >= 0.6 is 15.9 Å². The summed E-state index contributed by atoms with van der Waals surface area (Å²) in [6.07, 6.45) is 4.11. The maximum Gasteiger partial charge on any atom is 0.255 e. The Kier molecular flexibility index (Phi) is 4.29. The maximum absolute atomic E-state index is 13.7. The highest BCUT2D eigenvalue weighted by Crippen LogP contribution is 2.35. The molecule has 0 heterocycles. The van der Waals surface area contributed by atoms with Gasteiger partial charge in [-0.15, -0.1) is 0 Å². The molecule has 0 radical (unpaired) electrons. The SMILES string of the molecule is CC1(C)CCC(NC(=O)c2c(F)cccc2Br)CC1. The van der Waals surface area contributed by atoms with Gasteiger partial charge in [0.2, 0.25) is 0 Å². The van der Waals surface area contributed by atoms with Crippen molar-refractivity contribution in [3.8, 4) is 0 Å². The molecule has 104 valence electrons. The zero-order valence-corrected chi connectivity index (χ0v) is 12.9. The van der Waals surface area contributed by atoms with E-state index >= 15 is 0 Å². The predicted octanol–water partition coefficient (Wildman–Crippen LogP) is 4.29. The van der Waals surface area contributed by atoms with Gasteiger partial charge in [-0.1, -0.05) is 19.9 Å². The molecule has 0 unspecified atom stereocenters. The van der Waals surface area contributed by atoms with Crippen molar-refractivity contribution in [3.05, 3.63) is 34.1 Å². The van der Waals surface area contributed by atoms with Crippen molar-refractivity contribution in [3.63, 3.8) is 0 Å². The van der Waals surface area contributed by atoms with E-state index in [4.69, 9.17) is 0 Å². The van der Waals surface area contributed by atoms with Crippen molar-refractivity contribution in [1.29, 1.82) is 0 Å². The van der Waals surface area contributed by atoms with Gasteiger partial charge in [0.15, 0.2) is 0 Å². The molecule has 1 fully saturated rings. The number of amides is 1. The molecule has 0 spiro atoms. The minimum atomic E-state index is -0.483. The largest absolute Gasteiger partial charge is 0.349 e. The number of carbonyl (C=O) groups is 1. The fraction of sp³-hybridized carbons (Fsp3) is 0.533. The lowest BCUT2D eigenvalue weighted by Gasteiger charge is -2.34. The number of hydrogen-bond donors (Lipinski definition) is 1. The Morgan fingerprint density at radius 1 is 1.37 bits per heavy atom. The van der Waals surface area contributed by atoms with Gasteiger partial charge < -0.3 is 5.32 Å². The summed E-state index contributed by atoms with van der Waals surface area (Å²) in [7, 11) is 0. The van der Waals surface area contributed by atoms with Crippen molar-refractivity contribution in [2.75, 3.05) is 0 Å². The van der Waals surface area contributed by atoms with Crippen molar-refractivity contribution in [2.24, 2.45) is 5.41 Å². The van der Waals surface area contributed by atoms with Gasteiger partial charge in [-0.05, 0) is 59.2 Å². The Labute approximate surface area is 121 Å². The van der Waals surface area contributed by atoms with E-state index in [-0.39, 0.29) is 17.5 Å². The molecule has 0 bridgehead atoms. The van der Waals surface area contributed by atoms with E-state index in [9.17, 15) is 9.18 Å². The Balaban J connectivity index is 2.02. The fourth-order valence-corrected chi connectivity index (χ4v) is 3.04. The summed E-state index contributed by atoms with van der Waals surface area (Å²) in [6.45, 7) is 4.50. The zero-order valence-electron chi connectivity index (χ0n) is 11.3. The second-order valence-corrected chi connectivity index (χ2v) is 6.86. The molecule has 1 aliphatic rings. The van der Waals surface area contributed by atoms with E-state index in [1.807, 2.05) is 0 Å². The average molecular weight is 328 g/mol. The van der Waals surface area contributed by atoms with Crippen molar-refractivity contribution in [2.45, 2.75) is 45.6 Å². The van der Waals surface area contributed by atoms with E-state index in [0.717, 1.165) is 25.7 Å². The summed E-state index contributed by atoms with van der Waals surface area (Å²) >= 11 is 3.23. The van der Waals surface area contributed by atoms with Gasteiger partial charge in [-0.25, -0.2) is 4.39 Å². The molecule has 19 heavy (non-hydrogen) atoms. The minimum absolute atomic E-state index is 0.104. The second kappa shape index (κ2) is 5.61. The van der Waals surface area contributed by atoms with Gasteiger partial charge in [0, 0.05) is 10.5 Å². The van der Waals surface area contributed by atoms with E-state index in [2.05, 4.69) is 35.1 Å². The van der Waals surface area contributed by atoms with Gasteiger partial charge in [0.05, 0.1) is 5.56 Å². The van der Waals surface area contributed by atoms with Crippen LogP contribution in [0.3, 0.4) is 0 Å². The number of carbonyl (C=O) groups excluding carboxylic acids is 1. The van der Waals surface area contributed by atoms with Gasteiger partial charge >= 0.3 is 0 Å².